The van der Waals surface area contributed by atoms with Crippen LogP contribution in [0.4, 0.5) is 5.69 Å². The number of hydrogen-bond donors (Lipinski definition) is 2. The second-order valence-electron chi connectivity index (χ2n) is 8.92. The minimum absolute atomic E-state index is 0.00467. The number of benzene rings is 2. The van der Waals surface area contributed by atoms with Crippen molar-refractivity contribution in [3.05, 3.63) is 55.1 Å². The van der Waals surface area contributed by atoms with Gasteiger partial charge in [0.15, 0.2) is 0 Å². The molecule has 8 heteroatoms. The van der Waals surface area contributed by atoms with Crippen molar-refractivity contribution in [2.24, 2.45) is 11.8 Å². The summed E-state index contributed by atoms with van der Waals surface area (Å²) in [6, 6.07) is 12.8. The standard InChI is InChI=1S/C25H26N2O5S/c1-2-11-26(17-8-7-15-5-3-4-6-16(15)14-17)23(30)21-25-10-9-18(33-25)19(24(31)32)20(25)22(29)27(21)12-13-28/h2-8,14,18-21,28H,1,9-13H2,(H,31,32)/t18-,19+,20+,21?,25?/m1/s1. The lowest BCUT2D eigenvalue weighted by molar-refractivity contribution is -0.148. The third-order valence-corrected chi connectivity index (χ3v) is 9.23. The number of anilines is 1. The first-order valence-corrected chi connectivity index (χ1v) is 12.0. The predicted octanol–water partition coefficient (Wildman–Crippen LogP) is 2.53. The van der Waals surface area contributed by atoms with Gasteiger partial charge in [0.05, 0.1) is 23.2 Å². The summed E-state index contributed by atoms with van der Waals surface area (Å²) in [6.07, 6.45) is 2.93. The van der Waals surface area contributed by atoms with Crippen LogP contribution in [0, 0.1) is 11.8 Å². The average molecular weight is 467 g/mol. The molecule has 1 spiro atoms. The Morgan fingerprint density at radius 3 is 2.70 bits per heavy atom. The number of carbonyl (C=O) groups is 3. The molecule has 3 fully saturated rings. The first kappa shape index (κ1) is 22.0. The summed E-state index contributed by atoms with van der Waals surface area (Å²) in [6.45, 7) is 3.79. The fourth-order valence-electron chi connectivity index (χ4n) is 6.01. The lowest BCUT2D eigenvalue weighted by Crippen LogP contribution is -2.55. The van der Waals surface area contributed by atoms with Gasteiger partial charge in [0.25, 0.3) is 5.91 Å². The molecule has 0 aliphatic carbocycles. The maximum absolute atomic E-state index is 14.1. The molecule has 2 aromatic carbocycles. The number of aliphatic hydroxyl groups is 1. The molecule has 3 saturated heterocycles. The molecule has 5 atom stereocenters. The summed E-state index contributed by atoms with van der Waals surface area (Å²) < 4.78 is -0.784. The van der Waals surface area contributed by atoms with Gasteiger partial charge in [-0.2, -0.15) is 0 Å². The molecule has 3 aliphatic heterocycles. The van der Waals surface area contributed by atoms with E-state index in [9.17, 15) is 24.6 Å². The monoisotopic (exact) mass is 466 g/mol. The Hall–Kier alpha value is -2.84. The normalized spacial score (nSPS) is 30.0. The number of aliphatic hydroxyl groups excluding tert-OH is 1. The van der Waals surface area contributed by atoms with Gasteiger partial charge in [-0.05, 0) is 35.7 Å². The zero-order valence-corrected chi connectivity index (χ0v) is 18.9. The number of carbonyl (C=O) groups excluding carboxylic acids is 2. The molecular weight excluding hydrogens is 440 g/mol. The molecule has 2 aromatic rings. The van der Waals surface area contributed by atoms with Crippen molar-refractivity contribution >= 4 is 46.0 Å². The Morgan fingerprint density at radius 1 is 1.24 bits per heavy atom. The Labute approximate surface area is 196 Å². The first-order valence-electron chi connectivity index (χ1n) is 11.2. The summed E-state index contributed by atoms with van der Waals surface area (Å²) in [4.78, 5) is 42.7. The smallest absolute Gasteiger partial charge is 0.308 e. The molecule has 33 heavy (non-hydrogen) atoms. The second kappa shape index (κ2) is 8.18. The van der Waals surface area contributed by atoms with Gasteiger partial charge in [-0.25, -0.2) is 0 Å². The molecule has 2 bridgehead atoms. The Kier molecular flexibility index (Phi) is 5.45. The topological polar surface area (TPSA) is 98.2 Å². The summed E-state index contributed by atoms with van der Waals surface area (Å²) in [5.41, 5.74) is 0.696. The Bertz CT molecular complexity index is 1150. The van der Waals surface area contributed by atoms with Crippen molar-refractivity contribution in [1.82, 2.24) is 4.90 Å². The molecule has 5 rings (SSSR count). The van der Waals surface area contributed by atoms with Crippen LogP contribution in [0.2, 0.25) is 0 Å². The van der Waals surface area contributed by atoms with Crippen molar-refractivity contribution in [3.63, 3.8) is 0 Å². The van der Waals surface area contributed by atoms with Crippen molar-refractivity contribution in [2.45, 2.75) is 28.9 Å². The molecular formula is C25H26N2O5S. The number of fused-ring (bicyclic) bond motifs is 2. The van der Waals surface area contributed by atoms with Gasteiger partial charge in [-0.1, -0.05) is 36.4 Å². The lowest BCUT2D eigenvalue weighted by Gasteiger charge is -2.37. The van der Waals surface area contributed by atoms with Gasteiger partial charge < -0.3 is 20.0 Å². The van der Waals surface area contributed by atoms with Crippen molar-refractivity contribution in [3.8, 4) is 0 Å². The number of carboxylic acid groups (broad SMARTS) is 1. The van der Waals surface area contributed by atoms with E-state index >= 15 is 0 Å². The highest BCUT2D eigenvalue weighted by atomic mass is 32.2. The number of rotatable bonds is 7. The number of nitrogens with zero attached hydrogens (tertiary/aromatic N) is 2. The summed E-state index contributed by atoms with van der Waals surface area (Å²) in [5.74, 6) is -3.12. The SMILES string of the molecule is C=CCN(C(=O)C1N(CCO)C(=O)[C@@H]2[C@@H](C(=O)O)[C@H]3CCC12S3)c1ccc2ccccc2c1. The maximum Gasteiger partial charge on any atom is 0.308 e. The summed E-state index contributed by atoms with van der Waals surface area (Å²) in [7, 11) is 0. The fraction of sp³-hybridized carbons (Fsp3) is 0.400. The van der Waals surface area contributed by atoms with Gasteiger partial charge in [-0.3, -0.25) is 14.4 Å². The van der Waals surface area contributed by atoms with Crippen LogP contribution in [0.25, 0.3) is 10.8 Å². The molecule has 7 nitrogen and oxygen atoms in total. The number of hydrogen-bond acceptors (Lipinski definition) is 5. The van der Waals surface area contributed by atoms with Gasteiger partial charge in [0, 0.05) is 24.0 Å². The van der Waals surface area contributed by atoms with E-state index in [2.05, 4.69) is 6.58 Å². The van der Waals surface area contributed by atoms with E-state index in [0.717, 1.165) is 10.8 Å². The Morgan fingerprint density at radius 2 is 2.00 bits per heavy atom. The first-order chi connectivity index (χ1) is 15.9. The highest BCUT2D eigenvalue weighted by molar-refractivity contribution is 8.02. The van der Waals surface area contributed by atoms with E-state index in [1.54, 1.807) is 11.0 Å². The van der Waals surface area contributed by atoms with Crippen molar-refractivity contribution in [1.29, 1.82) is 0 Å². The van der Waals surface area contributed by atoms with E-state index in [1.807, 2.05) is 42.5 Å². The number of amides is 2. The zero-order chi connectivity index (χ0) is 23.3. The minimum atomic E-state index is -0.984. The van der Waals surface area contributed by atoms with E-state index < -0.39 is 28.6 Å². The third-order valence-electron chi connectivity index (χ3n) is 7.28. The van der Waals surface area contributed by atoms with Crippen LogP contribution in [0.15, 0.2) is 55.1 Å². The average Bonchev–Trinajstić information content (AvgIpc) is 3.45. The zero-order valence-electron chi connectivity index (χ0n) is 18.1. The van der Waals surface area contributed by atoms with Gasteiger partial charge in [0.2, 0.25) is 5.91 Å². The third kappa shape index (κ3) is 3.19. The van der Waals surface area contributed by atoms with E-state index in [1.165, 1.54) is 16.7 Å². The van der Waals surface area contributed by atoms with Gasteiger partial charge >= 0.3 is 5.97 Å². The van der Waals surface area contributed by atoms with Crippen LogP contribution in [0.1, 0.15) is 12.8 Å². The minimum Gasteiger partial charge on any atom is -0.481 e. The fourth-order valence-corrected chi connectivity index (χ4v) is 8.21. The van der Waals surface area contributed by atoms with Crippen LogP contribution in [-0.4, -0.2) is 68.6 Å². The summed E-state index contributed by atoms with van der Waals surface area (Å²) in [5, 5.41) is 21.4. The van der Waals surface area contributed by atoms with Crippen LogP contribution in [-0.2, 0) is 14.4 Å². The predicted molar refractivity (Wildman–Crippen MR) is 127 cm³/mol. The van der Waals surface area contributed by atoms with Crippen LogP contribution in [0.5, 0.6) is 0 Å². The molecule has 2 N–H and O–H groups in total. The second-order valence-corrected chi connectivity index (χ2v) is 10.5. The number of carboxylic acids is 1. The molecule has 172 valence electrons. The molecule has 0 aromatic heterocycles. The number of likely N-dealkylation sites (tertiary alicyclic amines) is 1. The largest absolute Gasteiger partial charge is 0.481 e. The van der Waals surface area contributed by atoms with Crippen molar-refractivity contribution < 1.29 is 24.6 Å². The van der Waals surface area contributed by atoms with Gasteiger partial charge in [0.1, 0.15) is 6.04 Å². The van der Waals surface area contributed by atoms with Crippen LogP contribution >= 0.6 is 11.8 Å². The maximum atomic E-state index is 14.1. The number of thioether (sulfide) groups is 1. The highest BCUT2D eigenvalue weighted by Crippen LogP contribution is 2.66. The lowest BCUT2D eigenvalue weighted by atomic mass is 9.71. The van der Waals surface area contributed by atoms with E-state index in [4.69, 9.17) is 0 Å². The van der Waals surface area contributed by atoms with Gasteiger partial charge in [-0.15, -0.1) is 18.3 Å². The van der Waals surface area contributed by atoms with E-state index in [-0.39, 0.29) is 36.8 Å². The number of aliphatic carboxylic acids is 1. The molecule has 0 saturated carbocycles. The quantitative estimate of drug-likeness (QED) is 0.609. The molecule has 0 radical (unpaired) electrons. The number of β-amino-alcohol motifs (C(OH)–C–C–N with tert-alkyl or cyclic N) is 1. The highest BCUT2D eigenvalue weighted by Gasteiger charge is 2.74. The van der Waals surface area contributed by atoms with Crippen LogP contribution in [0.3, 0.4) is 0 Å². The molecule has 3 heterocycles. The van der Waals surface area contributed by atoms with Crippen LogP contribution < -0.4 is 4.90 Å². The molecule has 3 aliphatic rings. The Balaban J connectivity index is 1.58. The van der Waals surface area contributed by atoms with E-state index in [0.29, 0.717) is 18.5 Å². The molecule has 2 amide bonds. The van der Waals surface area contributed by atoms with Crippen molar-refractivity contribution in [2.75, 3.05) is 24.6 Å². The summed E-state index contributed by atoms with van der Waals surface area (Å²) >= 11 is 1.49. The molecule has 2 unspecified atom stereocenters.